The number of carbonyl (C=O) groups is 3. The van der Waals surface area contributed by atoms with Crippen LogP contribution in [0.2, 0.25) is 0 Å². The van der Waals surface area contributed by atoms with Crippen LogP contribution in [0.3, 0.4) is 0 Å². The second-order valence-corrected chi connectivity index (χ2v) is 7.41. The van der Waals surface area contributed by atoms with Crippen LogP contribution in [0, 0.1) is 6.92 Å². The van der Waals surface area contributed by atoms with Gasteiger partial charge in [0.15, 0.2) is 0 Å². The van der Waals surface area contributed by atoms with Crippen molar-refractivity contribution in [3.63, 3.8) is 0 Å². The largest absolute Gasteiger partial charge is 0.513 e. The smallest absolute Gasteiger partial charge is 0.434 e. The van der Waals surface area contributed by atoms with Gasteiger partial charge in [0.25, 0.3) is 5.91 Å². The Hall–Kier alpha value is -4.13. The summed E-state index contributed by atoms with van der Waals surface area (Å²) in [5, 5.41) is 5.74. The number of hydrogen-bond donors (Lipinski definition) is 2. The SMILES string of the molecule is CCOC(=O)Oc1ccc(C(=O)Nc2cccc(CNC(=O)Cc3cccc(C)c3)c2)cc1. The molecule has 3 rings (SSSR count). The zero-order valence-electron chi connectivity index (χ0n) is 18.6. The van der Waals surface area contributed by atoms with Crippen LogP contribution < -0.4 is 15.4 Å². The highest BCUT2D eigenvalue weighted by Crippen LogP contribution is 2.16. The summed E-state index contributed by atoms with van der Waals surface area (Å²) in [5.74, 6) is -0.0908. The molecule has 0 radical (unpaired) electrons. The molecule has 2 amide bonds. The molecule has 170 valence electrons. The fourth-order valence-electron chi connectivity index (χ4n) is 3.15. The van der Waals surface area contributed by atoms with Crippen LogP contribution in [-0.4, -0.2) is 24.6 Å². The van der Waals surface area contributed by atoms with Crippen molar-refractivity contribution in [2.45, 2.75) is 26.8 Å². The summed E-state index contributed by atoms with van der Waals surface area (Å²) in [6.07, 6.45) is -0.481. The topological polar surface area (TPSA) is 93.7 Å². The Balaban J connectivity index is 1.53. The molecule has 2 N–H and O–H groups in total. The Kier molecular flexibility index (Phi) is 8.18. The molecule has 0 fully saturated rings. The van der Waals surface area contributed by atoms with Gasteiger partial charge in [-0.3, -0.25) is 9.59 Å². The molecule has 33 heavy (non-hydrogen) atoms. The number of benzene rings is 3. The van der Waals surface area contributed by atoms with E-state index in [1.54, 1.807) is 25.1 Å². The number of amides is 2. The Bertz CT molecular complexity index is 1130. The van der Waals surface area contributed by atoms with Gasteiger partial charge in [0.2, 0.25) is 5.91 Å². The summed E-state index contributed by atoms with van der Waals surface area (Å²) in [7, 11) is 0. The molecule has 0 unspecified atom stereocenters. The van der Waals surface area contributed by atoms with Crippen molar-refractivity contribution < 1.29 is 23.9 Å². The normalized spacial score (nSPS) is 10.2. The maximum atomic E-state index is 12.5. The van der Waals surface area contributed by atoms with E-state index in [4.69, 9.17) is 9.47 Å². The van der Waals surface area contributed by atoms with Crippen LogP contribution in [0.15, 0.2) is 72.8 Å². The van der Waals surface area contributed by atoms with Gasteiger partial charge >= 0.3 is 6.16 Å². The van der Waals surface area contributed by atoms with Gasteiger partial charge in [-0.15, -0.1) is 0 Å². The molecule has 0 aromatic heterocycles. The van der Waals surface area contributed by atoms with Gasteiger partial charge in [0, 0.05) is 17.8 Å². The molecule has 0 spiro atoms. The number of rotatable bonds is 8. The number of ether oxygens (including phenoxy) is 2. The van der Waals surface area contributed by atoms with E-state index in [1.807, 2.05) is 49.4 Å². The fraction of sp³-hybridized carbons (Fsp3) is 0.192. The Morgan fingerprint density at radius 3 is 2.33 bits per heavy atom. The molecule has 3 aromatic rings. The highest BCUT2D eigenvalue weighted by atomic mass is 16.7. The highest BCUT2D eigenvalue weighted by Gasteiger charge is 2.10. The van der Waals surface area contributed by atoms with E-state index in [-0.39, 0.29) is 24.2 Å². The van der Waals surface area contributed by atoms with Gasteiger partial charge in [-0.2, -0.15) is 0 Å². The first-order valence-electron chi connectivity index (χ1n) is 10.6. The maximum absolute atomic E-state index is 12.5. The molecule has 0 saturated heterocycles. The van der Waals surface area contributed by atoms with Crippen LogP contribution in [0.4, 0.5) is 10.5 Å². The summed E-state index contributed by atoms with van der Waals surface area (Å²) in [6.45, 7) is 4.25. The highest BCUT2D eigenvalue weighted by molar-refractivity contribution is 6.04. The summed E-state index contributed by atoms with van der Waals surface area (Å²) in [5.41, 5.74) is 3.96. The first-order valence-corrected chi connectivity index (χ1v) is 10.6. The molecule has 0 atom stereocenters. The summed E-state index contributed by atoms with van der Waals surface area (Å²) in [4.78, 5) is 36.2. The molecule has 7 heteroatoms. The lowest BCUT2D eigenvalue weighted by Crippen LogP contribution is -2.24. The minimum Gasteiger partial charge on any atom is -0.434 e. The molecule has 0 aliphatic carbocycles. The molecule has 0 saturated carbocycles. The quantitative estimate of drug-likeness (QED) is 0.388. The van der Waals surface area contributed by atoms with Crippen molar-refractivity contribution in [2.24, 2.45) is 0 Å². The van der Waals surface area contributed by atoms with E-state index >= 15 is 0 Å². The van der Waals surface area contributed by atoms with E-state index in [9.17, 15) is 14.4 Å². The third kappa shape index (κ3) is 7.50. The lowest BCUT2D eigenvalue weighted by atomic mass is 10.1. The van der Waals surface area contributed by atoms with E-state index in [0.29, 0.717) is 24.2 Å². The molecule has 0 bridgehead atoms. The van der Waals surface area contributed by atoms with Crippen LogP contribution in [0.25, 0.3) is 0 Å². The molecule has 7 nitrogen and oxygen atoms in total. The van der Waals surface area contributed by atoms with E-state index in [2.05, 4.69) is 10.6 Å². The van der Waals surface area contributed by atoms with Crippen molar-refractivity contribution in [3.8, 4) is 5.75 Å². The van der Waals surface area contributed by atoms with E-state index < -0.39 is 6.16 Å². The van der Waals surface area contributed by atoms with Crippen molar-refractivity contribution in [1.29, 1.82) is 0 Å². The first-order chi connectivity index (χ1) is 15.9. The van der Waals surface area contributed by atoms with Crippen molar-refractivity contribution >= 4 is 23.7 Å². The number of nitrogens with one attached hydrogen (secondary N) is 2. The monoisotopic (exact) mass is 446 g/mol. The molecule has 0 aliphatic rings. The minimum absolute atomic E-state index is 0.0693. The number of carbonyl (C=O) groups excluding carboxylic acids is 3. The molecule has 0 aliphatic heterocycles. The van der Waals surface area contributed by atoms with Gasteiger partial charge < -0.3 is 20.1 Å². The summed E-state index contributed by atoms with van der Waals surface area (Å²) >= 11 is 0. The molecular weight excluding hydrogens is 420 g/mol. The maximum Gasteiger partial charge on any atom is 0.513 e. The first kappa shape index (κ1) is 23.5. The van der Waals surface area contributed by atoms with Crippen molar-refractivity contribution in [2.75, 3.05) is 11.9 Å². The van der Waals surface area contributed by atoms with Crippen molar-refractivity contribution in [3.05, 3.63) is 95.1 Å². The van der Waals surface area contributed by atoms with Crippen LogP contribution in [0.1, 0.15) is 34.0 Å². The van der Waals surface area contributed by atoms with Crippen LogP contribution in [-0.2, 0) is 22.5 Å². The van der Waals surface area contributed by atoms with Gasteiger partial charge in [0.05, 0.1) is 13.0 Å². The van der Waals surface area contributed by atoms with Gasteiger partial charge in [0.1, 0.15) is 5.75 Å². The second kappa shape index (κ2) is 11.5. The van der Waals surface area contributed by atoms with Gasteiger partial charge in [-0.1, -0.05) is 42.0 Å². The fourth-order valence-corrected chi connectivity index (χ4v) is 3.15. The summed E-state index contributed by atoms with van der Waals surface area (Å²) < 4.78 is 9.70. The lowest BCUT2D eigenvalue weighted by molar-refractivity contribution is -0.120. The third-order valence-corrected chi connectivity index (χ3v) is 4.70. The van der Waals surface area contributed by atoms with Crippen LogP contribution >= 0.6 is 0 Å². The third-order valence-electron chi connectivity index (χ3n) is 4.70. The Labute approximate surface area is 192 Å². The van der Waals surface area contributed by atoms with E-state index in [1.165, 1.54) is 12.1 Å². The Morgan fingerprint density at radius 1 is 0.879 bits per heavy atom. The lowest BCUT2D eigenvalue weighted by Gasteiger charge is -2.10. The average Bonchev–Trinajstić information content (AvgIpc) is 2.78. The molecular formula is C26H26N2O5. The zero-order chi connectivity index (χ0) is 23.6. The predicted octanol–water partition coefficient (Wildman–Crippen LogP) is 4.64. The molecule has 3 aromatic carbocycles. The standard InChI is InChI=1S/C26H26N2O5/c1-3-32-26(31)33-23-12-10-21(11-13-23)25(30)28-22-9-5-8-20(15-22)17-27-24(29)16-19-7-4-6-18(2)14-19/h4-15H,3,16-17H2,1-2H3,(H,27,29)(H,28,30). The minimum atomic E-state index is -0.794. The number of anilines is 1. The van der Waals surface area contributed by atoms with E-state index in [0.717, 1.165) is 16.7 Å². The van der Waals surface area contributed by atoms with Crippen LogP contribution in [0.5, 0.6) is 5.75 Å². The number of hydrogen-bond acceptors (Lipinski definition) is 5. The molecule has 0 heterocycles. The zero-order valence-corrected chi connectivity index (χ0v) is 18.6. The summed E-state index contributed by atoms with van der Waals surface area (Å²) in [6, 6.07) is 21.3. The van der Waals surface area contributed by atoms with Gasteiger partial charge in [-0.25, -0.2) is 4.79 Å². The van der Waals surface area contributed by atoms with Gasteiger partial charge in [-0.05, 0) is 61.4 Å². The predicted molar refractivity (Wildman–Crippen MR) is 125 cm³/mol. The average molecular weight is 447 g/mol. The Morgan fingerprint density at radius 2 is 1.61 bits per heavy atom. The number of aryl methyl sites for hydroxylation is 1. The van der Waals surface area contributed by atoms with Crippen molar-refractivity contribution in [1.82, 2.24) is 5.32 Å². The second-order valence-electron chi connectivity index (χ2n) is 7.41.